The maximum Gasteiger partial charge on any atom is 0.272 e. The van der Waals surface area contributed by atoms with Crippen LogP contribution in [0.15, 0.2) is 6.07 Å². The number of ether oxygens (including phenoxy) is 1. The highest BCUT2D eigenvalue weighted by molar-refractivity contribution is 5.92. The molecule has 1 aliphatic rings. The number of amides is 1. The Hall–Kier alpha value is -1.40. The summed E-state index contributed by atoms with van der Waals surface area (Å²) >= 11 is 0. The summed E-state index contributed by atoms with van der Waals surface area (Å²) in [4.78, 5) is 14.7. The fourth-order valence-electron chi connectivity index (χ4n) is 2.98. The normalized spacial score (nSPS) is 19.6. The molecule has 124 valence electrons. The molecule has 1 aromatic heterocycles. The first kappa shape index (κ1) is 17.0. The number of carbonyl (C=O) groups excluding carboxylic acids is 1. The highest BCUT2D eigenvalue weighted by Crippen LogP contribution is 2.13. The average Bonchev–Trinajstić information content (AvgIpc) is 2.88. The van der Waals surface area contributed by atoms with Crippen LogP contribution >= 0.6 is 0 Å². The molecule has 1 aromatic rings. The van der Waals surface area contributed by atoms with E-state index in [2.05, 4.69) is 29.2 Å². The van der Waals surface area contributed by atoms with Crippen LogP contribution < -0.4 is 5.32 Å². The zero-order valence-corrected chi connectivity index (χ0v) is 14.1. The fourth-order valence-corrected chi connectivity index (χ4v) is 2.98. The van der Waals surface area contributed by atoms with Crippen LogP contribution in [-0.2, 0) is 4.74 Å². The molecule has 1 fully saturated rings. The van der Waals surface area contributed by atoms with E-state index in [1.807, 2.05) is 17.7 Å². The molecule has 1 amide bonds. The molecular weight excluding hydrogens is 280 g/mol. The van der Waals surface area contributed by atoms with Gasteiger partial charge in [0, 0.05) is 38.0 Å². The molecule has 6 nitrogen and oxygen atoms in total. The van der Waals surface area contributed by atoms with E-state index < -0.39 is 0 Å². The first-order valence-electron chi connectivity index (χ1n) is 8.09. The van der Waals surface area contributed by atoms with Crippen molar-refractivity contribution >= 4 is 5.91 Å². The molecule has 0 spiro atoms. The van der Waals surface area contributed by atoms with Gasteiger partial charge in [-0.1, -0.05) is 0 Å². The van der Waals surface area contributed by atoms with Crippen LogP contribution in [0.5, 0.6) is 0 Å². The third kappa shape index (κ3) is 4.30. The van der Waals surface area contributed by atoms with E-state index in [-0.39, 0.29) is 18.0 Å². The number of nitrogens with zero attached hydrogens (tertiary/aromatic N) is 3. The summed E-state index contributed by atoms with van der Waals surface area (Å²) in [5.74, 6) is -0.0684. The van der Waals surface area contributed by atoms with Crippen molar-refractivity contribution in [2.75, 3.05) is 33.4 Å². The predicted molar refractivity (Wildman–Crippen MR) is 86.2 cm³/mol. The van der Waals surface area contributed by atoms with Gasteiger partial charge in [-0.2, -0.15) is 5.10 Å². The molecule has 0 aromatic carbocycles. The van der Waals surface area contributed by atoms with Gasteiger partial charge in [-0.3, -0.25) is 14.4 Å². The molecule has 0 saturated carbocycles. The fraction of sp³-hybridized carbons (Fsp3) is 0.750. The largest absolute Gasteiger partial charge is 0.383 e. The Bertz CT molecular complexity index is 498. The minimum atomic E-state index is -0.0684. The molecule has 2 heterocycles. The molecular formula is C16H28N4O2. The lowest BCUT2D eigenvalue weighted by atomic mass is 10.1. The first-order chi connectivity index (χ1) is 10.5. The van der Waals surface area contributed by atoms with Gasteiger partial charge < -0.3 is 10.1 Å². The van der Waals surface area contributed by atoms with Gasteiger partial charge in [0.25, 0.3) is 5.91 Å². The molecule has 1 N–H and O–H groups in total. The maximum atomic E-state index is 12.4. The minimum absolute atomic E-state index is 0.0684. The van der Waals surface area contributed by atoms with E-state index in [4.69, 9.17) is 4.74 Å². The maximum absolute atomic E-state index is 12.4. The van der Waals surface area contributed by atoms with E-state index in [9.17, 15) is 4.79 Å². The third-order valence-electron chi connectivity index (χ3n) is 4.10. The summed E-state index contributed by atoms with van der Waals surface area (Å²) in [5, 5.41) is 7.54. The number of methoxy groups -OCH3 is 1. The van der Waals surface area contributed by atoms with Crippen LogP contribution in [0.1, 0.15) is 48.9 Å². The summed E-state index contributed by atoms with van der Waals surface area (Å²) in [6.45, 7) is 9.74. The Morgan fingerprint density at radius 2 is 2.32 bits per heavy atom. The SMILES string of the molecule is COCCN1CCCC(NC(=O)c2cc(C)n(C(C)C)n2)C1. The average molecular weight is 308 g/mol. The molecule has 22 heavy (non-hydrogen) atoms. The Morgan fingerprint density at radius 1 is 1.55 bits per heavy atom. The van der Waals surface area contributed by atoms with Gasteiger partial charge in [-0.15, -0.1) is 0 Å². The number of hydrogen-bond donors (Lipinski definition) is 1. The number of hydrogen-bond acceptors (Lipinski definition) is 4. The number of rotatable bonds is 6. The highest BCUT2D eigenvalue weighted by Gasteiger charge is 2.23. The summed E-state index contributed by atoms with van der Waals surface area (Å²) in [7, 11) is 1.72. The zero-order chi connectivity index (χ0) is 16.1. The van der Waals surface area contributed by atoms with Crippen LogP contribution in [0.25, 0.3) is 0 Å². The van der Waals surface area contributed by atoms with Gasteiger partial charge in [-0.25, -0.2) is 0 Å². The van der Waals surface area contributed by atoms with Gasteiger partial charge in [0.15, 0.2) is 0 Å². The Labute approximate surface area is 132 Å². The molecule has 2 rings (SSSR count). The molecule has 0 bridgehead atoms. The van der Waals surface area contributed by atoms with Gasteiger partial charge >= 0.3 is 0 Å². The predicted octanol–water partition coefficient (Wildman–Crippen LogP) is 1.61. The monoisotopic (exact) mass is 308 g/mol. The highest BCUT2D eigenvalue weighted by atomic mass is 16.5. The third-order valence-corrected chi connectivity index (χ3v) is 4.10. The number of piperidine rings is 1. The van der Waals surface area contributed by atoms with Crippen molar-refractivity contribution in [3.63, 3.8) is 0 Å². The van der Waals surface area contributed by atoms with E-state index in [1.165, 1.54) is 0 Å². The second kappa shape index (κ2) is 7.74. The molecule has 1 atom stereocenters. The number of carbonyl (C=O) groups is 1. The lowest BCUT2D eigenvalue weighted by molar-refractivity contribution is 0.0873. The van der Waals surface area contributed by atoms with E-state index in [0.29, 0.717) is 5.69 Å². The summed E-state index contributed by atoms with van der Waals surface area (Å²) in [6, 6.07) is 2.32. The topological polar surface area (TPSA) is 59.4 Å². The Balaban J connectivity index is 1.92. The lowest BCUT2D eigenvalue weighted by Crippen LogP contribution is -2.48. The number of nitrogens with one attached hydrogen (secondary N) is 1. The molecule has 1 aliphatic heterocycles. The van der Waals surface area contributed by atoms with Gasteiger partial charge in [0.05, 0.1) is 6.61 Å². The smallest absolute Gasteiger partial charge is 0.272 e. The lowest BCUT2D eigenvalue weighted by Gasteiger charge is -2.32. The molecule has 6 heteroatoms. The number of aryl methyl sites for hydroxylation is 1. The van der Waals surface area contributed by atoms with Crippen LogP contribution in [0.2, 0.25) is 0 Å². The molecule has 0 radical (unpaired) electrons. The zero-order valence-electron chi connectivity index (χ0n) is 14.1. The van der Waals surface area contributed by atoms with Crippen molar-refractivity contribution in [2.45, 2.75) is 45.7 Å². The molecule has 1 unspecified atom stereocenters. The minimum Gasteiger partial charge on any atom is -0.383 e. The van der Waals surface area contributed by atoms with Crippen molar-refractivity contribution in [1.82, 2.24) is 20.0 Å². The van der Waals surface area contributed by atoms with Crippen molar-refractivity contribution in [3.8, 4) is 0 Å². The second-order valence-corrected chi connectivity index (χ2v) is 6.32. The second-order valence-electron chi connectivity index (χ2n) is 6.32. The van der Waals surface area contributed by atoms with Crippen molar-refractivity contribution in [3.05, 3.63) is 17.5 Å². The Kier molecular flexibility index (Phi) is 5.97. The van der Waals surface area contributed by atoms with Crippen molar-refractivity contribution in [2.24, 2.45) is 0 Å². The molecule has 0 aliphatic carbocycles. The van der Waals surface area contributed by atoms with E-state index in [0.717, 1.165) is 44.8 Å². The summed E-state index contributed by atoms with van der Waals surface area (Å²) in [6.07, 6.45) is 2.13. The van der Waals surface area contributed by atoms with Crippen LogP contribution in [-0.4, -0.2) is 60.0 Å². The quantitative estimate of drug-likeness (QED) is 0.867. The van der Waals surface area contributed by atoms with Gasteiger partial charge in [0.2, 0.25) is 0 Å². The van der Waals surface area contributed by atoms with E-state index in [1.54, 1.807) is 7.11 Å². The van der Waals surface area contributed by atoms with Crippen LogP contribution in [0.3, 0.4) is 0 Å². The van der Waals surface area contributed by atoms with Gasteiger partial charge in [-0.05, 0) is 46.2 Å². The van der Waals surface area contributed by atoms with E-state index >= 15 is 0 Å². The summed E-state index contributed by atoms with van der Waals surface area (Å²) < 4.78 is 7.02. The van der Waals surface area contributed by atoms with Crippen molar-refractivity contribution < 1.29 is 9.53 Å². The number of likely N-dealkylation sites (tertiary alicyclic amines) is 1. The summed E-state index contributed by atoms with van der Waals surface area (Å²) in [5.41, 5.74) is 1.53. The van der Waals surface area contributed by atoms with Gasteiger partial charge in [0.1, 0.15) is 5.69 Å². The van der Waals surface area contributed by atoms with Crippen molar-refractivity contribution in [1.29, 1.82) is 0 Å². The standard InChI is InChI=1S/C16H28N4O2/c1-12(2)20-13(3)10-15(18-20)16(21)17-14-6-5-7-19(11-14)8-9-22-4/h10,12,14H,5-9,11H2,1-4H3,(H,17,21). The molecule has 1 saturated heterocycles. The van der Waals surface area contributed by atoms with Crippen LogP contribution in [0, 0.1) is 6.92 Å². The van der Waals surface area contributed by atoms with Crippen LogP contribution in [0.4, 0.5) is 0 Å². The number of aromatic nitrogens is 2. The Morgan fingerprint density at radius 3 is 2.95 bits per heavy atom. The first-order valence-corrected chi connectivity index (χ1v) is 8.09.